The normalized spacial score (nSPS) is 22.3. The van der Waals surface area contributed by atoms with Crippen molar-refractivity contribution in [1.29, 1.82) is 0 Å². The summed E-state index contributed by atoms with van der Waals surface area (Å²) < 4.78 is 32.3. The van der Waals surface area contributed by atoms with Crippen LogP contribution in [0.5, 0.6) is 5.75 Å². The number of sulfonamides is 1. The van der Waals surface area contributed by atoms with E-state index in [1.165, 1.54) is 0 Å². The van der Waals surface area contributed by atoms with Gasteiger partial charge in [0.15, 0.2) is 0 Å². The third-order valence-electron chi connectivity index (χ3n) is 3.64. The Morgan fingerprint density at radius 1 is 1.30 bits per heavy atom. The summed E-state index contributed by atoms with van der Waals surface area (Å²) in [4.78, 5) is 0.260. The lowest BCUT2D eigenvalue weighted by Crippen LogP contribution is -2.39. The van der Waals surface area contributed by atoms with E-state index in [1.54, 1.807) is 31.4 Å². The molecule has 0 radical (unpaired) electrons. The molecule has 1 saturated carbocycles. The predicted molar refractivity (Wildman–Crippen MR) is 80.7 cm³/mol. The van der Waals surface area contributed by atoms with E-state index in [0.29, 0.717) is 12.3 Å². The molecule has 0 saturated heterocycles. The smallest absolute Gasteiger partial charge is 0.240 e. The lowest BCUT2D eigenvalue weighted by Gasteiger charge is -2.19. The Balaban J connectivity index is 0.00000200. The van der Waals surface area contributed by atoms with E-state index in [2.05, 4.69) is 4.72 Å². The van der Waals surface area contributed by atoms with Gasteiger partial charge in [-0.15, -0.1) is 12.4 Å². The summed E-state index contributed by atoms with van der Waals surface area (Å²) >= 11 is 0. The van der Waals surface area contributed by atoms with Crippen LogP contribution in [0.2, 0.25) is 0 Å². The average Bonchev–Trinajstić information content (AvgIpc) is 2.85. The van der Waals surface area contributed by atoms with Crippen LogP contribution in [0.15, 0.2) is 29.2 Å². The fourth-order valence-electron chi connectivity index (χ4n) is 2.50. The Kier molecular flexibility index (Phi) is 6.26. The van der Waals surface area contributed by atoms with Crippen molar-refractivity contribution in [1.82, 2.24) is 4.72 Å². The van der Waals surface area contributed by atoms with Crippen molar-refractivity contribution >= 4 is 22.4 Å². The summed E-state index contributed by atoms with van der Waals surface area (Å²) in [5.74, 6) is 0.882. The summed E-state index contributed by atoms with van der Waals surface area (Å²) in [6, 6.07) is 6.34. The molecule has 114 valence electrons. The van der Waals surface area contributed by atoms with E-state index < -0.39 is 10.0 Å². The Morgan fingerprint density at radius 2 is 1.95 bits per heavy atom. The van der Waals surface area contributed by atoms with Crippen LogP contribution in [-0.4, -0.2) is 28.1 Å². The maximum absolute atomic E-state index is 12.3. The standard InChI is InChI=1S/C13H20N2O3S.ClH/c1-18-11-5-7-12(8-6-11)19(16,17)15-13-4-2-3-10(13)9-14;/h5-8,10,13,15H,2-4,9,14H2,1H3;1H. The third kappa shape index (κ3) is 3.85. The van der Waals surface area contributed by atoms with E-state index in [9.17, 15) is 8.42 Å². The molecule has 1 aromatic carbocycles. The molecule has 0 aliphatic heterocycles. The van der Waals surface area contributed by atoms with E-state index in [0.717, 1.165) is 19.3 Å². The van der Waals surface area contributed by atoms with Gasteiger partial charge in [-0.2, -0.15) is 0 Å². The van der Waals surface area contributed by atoms with Crippen molar-refractivity contribution in [3.8, 4) is 5.75 Å². The van der Waals surface area contributed by atoms with Crippen molar-refractivity contribution in [3.63, 3.8) is 0 Å². The van der Waals surface area contributed by atoms with Crippen LogP contribution in [0.4, 0.5) is 0 Å². The van der Waals surface area contributed by atoms with Crippen LogP contribution < -0.4 is 15.2 Å². The predicted octanol–water partition coefficient (Wildman–Crippen LogP) is 1.52. The Morgan fingerprint density at radius 3 is 2.50 bits per heavy atom. The number of hydrogen-bond acceptors (Lipinski definition) is 4. The minimum atomic E-state index is -3.47. The van der Waals surface area contributed by atoms with Gasteiger partial charge in [0.05, 0.1) is 12.0 Å². The fraction of sp³-hybridized carbons (Fsp3) is 0.538. The zero-order valence-corrected chi connectivity index (χ0v) is 13.0. The quantitative estimate of drug-likeness (QED) is 0.862. The van der Waals surface area contributed by atoms with Crippen molar-refractivity contribution in [2.45, 2.75) is 30.2 Å². The third-order valence-corrected chi connectivity index (χ3v) is 5.14. The van der Waals surface area contributed by atoms with E-state index in [4.69, 9.17) is 10.5 Å². The highest BCUT2D eigenvalue weighted by molar-refractivity contribution is 7.89. The van der Waals surface area contributed by atoms with Crippen LogP contribution in [0.25, 0.3) is 0 Å². The Hall–Kier alpha value is -0.820. The van der Waals surface area contributed by atoms with E-state index in [1.807, 2.05) is 0 Å². The lowest BCUT2D eigenvalue weighted by atomic mass is 10.1. The largest absolute Gasteiger partial charge is 0.497 e. The minimum Gasteiger partial charge on any atom is -0.497 e. The monoisotopic (exact) mass is 320 g/mol. The topological polar surface area (TPSA) is 81.4 Å². The number of hydrogen-bond donors (Lipinski definition) is 2. The minimum absolute atomic E-state index is 0. The molecule has 0 bridgehead atoms. The van der Waals surface area contributed by atoms with Crippen LogP contribution >= 0.6 is 12.4 Å². The molecule has 1 fully saturated rings. The first-order valence-electron chi connectivity index (χ1n) is 6.43. The fourth-order valence-corrected chi connectivity index (χ4v) is 3.84. The maximum atomic E-state index is 12.3. The highest BCUT2D eigenvalue weighted by atomic mass is 35.5. The second-order valence-corrected chi connectivity index (χ2v) is 6.54. The van der Waals surface area contributed by atoms with Gasteiger partial charge in [-0.25, -0.2) is 13.1 Å². The molecular formula is C13H21ClN2O3S. The van der Waals surface area contributed by atoms with Crippen molar-refractivity contribution < 1.29 is 13.2 Å². The van der Waals surface area contributed by atoms with Gasteiger partial charge in [0.2, 0.25) is 10.0 Å². The molecule has 0 aromatic heterocycles. The molecule has 2 rings (SSSR count). The average molecular weight is 321 g/mol. The maximum Gasteiger partial charge on any atom is 0.240 e. The molecule has 0 heterocycles. The second kappa shape index (κ2) is 7.26. The van der Waals surface area contributed by atoms with Gasteiger partial charge in [0, 0.05) is 6.04 Å². The summed E-state index contributed by atoms with van der Waals surface area (Å²) in [7, 11) is -1.93. The molecule has 1 aromatic rings. The molecule has 7 heteroatoms. The van der Waals surface area contributed by atoms with Crippen LogP contribution in [0, 0.1) is 5.92 Å². The highest BCUT2D eigenvalue weighted by Gasteiger charge is 2.30. The zero-order valence-electron chi connectivity index (χ0n) is 11.4. The number of ether oxygens (including phenoxy) is 1. The summed E-state index contributed by atoms with van der Waals surface area (Å²) in [6.45, 7) is 0.524. The van der Waals surface area contributed by atoms with Gasteiger partial charge in [0.25, 0.3) is 0 Å². The van der Waals surface area contributed by atoms with Crippen molar-refractivity contribution in [3.05, 3.63) is 24.3 Å². The zero-order chi connectivity index (χ0) is 13.9. The number of methoxy groups -OCH3 is 1. The second-order valence-electron chi connectivity index (χ2n) is 4.83. The molecule has 5 nitrogen and oxygen atoms in total. The summed E-state index contributed by atoms with van der Waals surface area (Å²) in [6.07, 6.45) is 2.88. The first-order valence-corrected chi connectivity index (χ1v) is 7.91. The van der Waals surface area contributed by atoms with Crippen molar-refractivity contribution in [2.75, 3.05) is 13.7 Å². The van der Waals surface area contributed by atoms with Crippen LogP contribution in [0.1, 0.15) is 19.3 Å². The number of benzene rings is 1. The molecule has 1 aliphatic rings. The number of nitrogens with two attached hydrogens (primary N) is 1. The molecule has 20 heavy (non-hydrogen) atoms. The van der Waals surface area contributed by atoms with Gasteiger partial charge in [-0.05, 0) is 49.6 Å². The number of rotatable bonds is 5. The lowest BCUT2D eigenvalue weighted by molar-refractivity contribution is 0.414. The SMILES string of the molecule is COc1ccc(S(=O)(=O)NC2CCCC2CN)cc1.Cl. The molecule has 2 unspecified atom stereocenters. The van der Waals surface area contributed by atoms with E-state index in [-0.39, 0.29) is 29.3 Å². The van der Waals surface area contributed by atoms with Crippen LogP contribution in [-0.2, 0) is 10.0 Å². The first-order chi connectivity index (χ1) is 9.06. The molecule has 0 amide bonds. The van der Waals surface area contributed by atoms with E-state index >= 15 is 0 Å². The molecule has 0 spiro atoms. The summed E-state index contributed by atoms with van der Waals surface area (Å²) in [5, 5.41) is 0. The van der Waals surface area contributed by atoms with Gasteiger partial charge < -0.3 is 10.5 Å². The van der Waals surface area contributed by atoms with Gasteiger partial charge in [-0.1, -0.05) is 6.42 Å². The molecule has 2 atom stereocenters. The van der Waals surface area contributed by atoms with Crippen molar-refractivity contribution in [2.24, 2.45) is 11.7 Å². The number of nitrogens with one attached hydrogen (secondary N) is 1. The molecule has 1 aliphatic carbocycles. The number of halogens is 1. The Labute approximate surface area is 126 Å². The molecular weight excluding hydrogens is 300 g/mol. The summed E-state index contributed by atoms with van der Waals surface area (Å²) in [5.41, 5.74) is 5.67. The first kappa shape index (κ1) is 17.2. The van der Waals surface area contributed by atoms with Gasteiger partial charge in [-0.3, -0.25) is 0 Å². The van der Waals surface area contributed by atoms with Crippen LogP contribution in [0.3, 0.4) is 0 Å². The highest BCUT2D eigenvalue weighted by Crippen LogP contribution is 2.26. The van der Waals surface area contributed by atoms with Gasteiger partial charge in [0.1, 0.15) is 5.75 Å². The molecule has 3 N–H and O–H groups in total. The Bertz CT molecular complexity index is 519. The van der Waals surface area contributed by atoms with Gasteiger partial charge >= 0.3 is 0 Å².